The quantitative estimate of drug-likeness (QED) is 0.909. The van der Waals surface area contributed by atoms with Crippen molar-refractivity contribution < 1.29 is 14.3 Å². The highest BCUT2D eigenvalue weighted by molar-refractivity contribution is 9.10. The predicted molar refractivity (Wildman–Crippen MR) is 74.9 cm³/mol. The summed E-state index contributed by atoms with van der Waals surface area (Å²) < 4.78 is 6.01. The Morgan fingerprint density at radius 3 is 2.74 bits per heavy atom. The first-order valence-corrected chi connectivity index (χ1v) is 6.64. The van der Waals surface area contributed by atoms with Crippen LogP contribution in [0.1, 0.15) is 28.0 Å². The lowest BCUT2D eigenvalue weighted by Crippen LogP contribution is -2.28. The van der Waals surface area contributed by atoms with Gasteiger partial charge in [0.05, 0.1) is 12.1 Å². The second kappa shape index (κ2) is 6.04. The van der Waals surface area contributed by atoms with E-state index in [1.165, 1.54) is 0 Å². The number of carbonyl (C=O) groups is 1. The highest BCUT2D eigenvalue weighted by Gasteiger charge is 2.14. The van der Waals surface area contributed by atoms with E-state index in [0.29, 0.717) is 11.3 Å². The number of amides is 1. The molecule has 1 amide bonds. The number of hydrogen-bond donors (Lipinski definition) is 2. The van der Waals surface area contributed by atoms with Gasteiger partial charge in [-0.2, -0.15) is 0 Å². The van der Waals surface area contributed by atoms with Crippen LogP contribution in [-0.4, -0.2) is 17.6 Å². The molecular formula is C14H14BrNO3. The lowest BCUT2D eigenvalue weighted by molar-refractivity contribution is 0.0899. The van der Waals surface area contributed by atoms with Crippen LogP contribution in [-0.2, 0) is 0 Å². The van der Waals surface area contributed by atoms with Gasteiger partial charge in [-0.25, -0.2) is 0 Å². The lowest BCUT2D eigenvalue weighted by Gasteiger charge is -2.10. The summed E-state index contributed by atoms with van der Waals surface area (Å²) in [5, 5.41) is 12.5. The number of halogens is 1. The molecule has 0 unspecified atom stereocenters. The molecule has 100 valence electrons. The molecule has 2 aromatic rings. The van der Waals surface area contributed by atoms with Crippen LogP contribution in [0.25, 0.3) is 0 Å². The van der Waals surface area contributed by atoms with Crippen LogP contribution in [0.4, 0.5) is 0 Å². The van der Waals surface area contributed by atoms with Crippen molar-refractivity contribution in [2.24, 2.45) is 0 Å². The van der Waals surface area contributed by atoms with Crippen molar-refractivity contribution in [1.29, 1.82) is 0 Å². The van der Waals surface area contributed by atoms with E-state index in [9.17, 15) is 9.90 Å². The second-order valence-corrected chi connectivity index (χ2v) is 5.01. The largest absolute Gasteiger partial charge is 0.464 e. The molecule has 1 heterocycles. The Kier molecular flexibility index (Phi) is 4.39. The van der Waals surface area contributed by atoms with Crippen LogP contribution in [0.2, 0.25) is 0 Å². The van der Waals surface area contributed by atoms with E-state index in [4.69, 9.17) is 4.42 Å². The summed E-state index contributed by atoms with van der Waals surface area (Å²) in [6.45, 7) is 1.91. The lowest BCUT2D eigenvalue weighted by atomic mass is 10.2. The Morgan fingerprint density at radius 2 is 2.11 bits per heavy atom. The first kappa shape index (κ1) is 13.8. The summed E-state index contributed by atoms with van der Waals surface area (Å²) in [5.74, 6) is 0.936. The smallest absolute Gasteiger partial charge is 0.252 e. The number of aryl methyl sites for hydroxylation is 1. The Hall–Kier alpha value is -1.59. The van der Waals surface area contributed by atoms with Crippen molar-refractivity contribution in [3.8, 4) is 0 Å². The standard InChI is InChI=1S/C14H14BrNO3/c1-9-6-7-13(19-9)12(17)8-16-14(18)10-4-2-3-5-11(10)15/h2-7,12,17H,8H2,1H3,(H,16,18)/t12-/m1/s1. The first-order valence-electron chi connectivity index (χ1n) is 5.85. The molecule has 4 nitrogen and oxygen atoms in total. The number of hydrogen-bond acceptors (Lipinski definition) is 3. The van der Waals surface area contributed by atoms with Gasteiger partial charge in [0.1, 0.15) is 17.6 Å². The van der Waals surface area contributed by atoms with Crippen molar-refractivity contribution in [2.75, 3.05) is 6.54 Å². The van der Waals surface area contributed by atoms with E-state index < -0.39 is 6.10 Å². The maximum atomic E-state index is 11.9. The summed E-state index contributed by atoms with van der Waals surface area (Å²) in [6, 6.07) is 10.6. The molecular weight excluding hydrogens is 310 g/mol. The third-order valence-electron chi connectivity index (χ3n) is 2.66. The highest BCUT2D eigenvalue weighted by Crippen LogP contribution is 2.17. The minimum absolute atomic E-state index is 0.104. The second-order valence-electron chi connectivity index (χ2n) is 4.15. The summed E-state index contributed by atoms with van der Waals surface area (Å²) in [4.78, 5) is 11.9. The molecule has 0 aliphatic rings. The van der Waals surface area contributed by atoms with Crippen LogP contribution < -0.4 is 5.32 Å². The third-order valence-corrected chi connectivity index (χ3v) is 3.36. The van der Waals surface area contributed by atoms with Gasteiger partial charge >= 0.3 is 0 Å². The van der Waals surface area contributed by atoms with Gasteiger partial charge < -0.3 is 14.8 Å². The third kappa shape index (κ3) is 3.45. The molecule has 19 heavy (non-hydrogen) atoms. The molecule has 0 aliphatic carbocycles. The molecule has 0 aliphatic heterocycles. The Labute approximate surface area is 119 Å². The average molecular weight is 324 g/mol. The van der Waals surface area contributed by atoms with Crippen molar-refractivity contribution in [3.63, 3.8) is 0 Å². The van der Waals surface area contributed by atoms with E-state index in [0.717, 1.165) is 10.2 Å². The van der Waals surface area contributed by atoms with Crippen LogP contribution in [0.3, 0.4) is 0 Å². The van der Waals surface area contributed by atoms with Crippen LogP contribution in [0.5, 0.6) is 0 Å². The van der Waals surface area contributed by atoms with Gasteiger partial charge in [-0.1, -0.05) is 12.1 Å². The van der Waals surface area contributed by atoms with Crippen molar-refractivity contribution in [1.82, 2.24) is 5.32 Å². The monoisotopic (exact) mass is 323 g/mol. The number of rotatable bonds is 4. The number of furan rings is 1. The molecule has 1 aromatic heterocycles. The normalized spacial score (nSPS) is 12.2. The van der Waals surface area contributed by atoms with Gasteiger partial charge in [0, 0.05) is 4.47 Å². The Bertz CT molecular complexity index is 580. The fourth-order valence-electron chi connectivity index (χ4n) is 1.66. The highest BCUT2D eigenvalue weighted by atomic mass is 79.9. The van der Waals surface area contributed by atoms with E-state index in [1.54, 1.807) is 37.3 Å². The molecule has 1 aromatic carbocycles. The molecule has 0 saturated heterocycles. The van der Waals surface area contributed by atoms with Crippen LogP contribution in [0.15, 0.2) is 45.3 Å². The molecule has 5 heteroatoms. The van der Waals surface area contributed by atoms with Gasteiger partial charge in [-0.15, -0.1) is 0 Å². The van der Waals surface area contributed by atoms with Crippen molar-refractivity contribution in [3.05, 3.63) is 58.0 Å². The molecule has 0 radical (unpaired) electrons. The number of aliphatic hydroxyl groups is 1. The number of nitrogens with one attached hydrogen (secondary N) is 1. The number of aliphatic hydroxyl groups excluding tert-OH is 1. The maximum absolute atomic E-state index is 11.9. The number of carbonyl (C=O) groups excluding carboxylic acids is 1. The summed E-state index contributed by atoms with van der Waals surface area (Å²) in [6.07, 6.45) is -0.847. The Morgan fingerprint density at radius 1 is 1.37 bits per heavy atom. The number of benzene rings is 1. The summed E-state index contributed by atoms with van der Waals surface area (Å²) in [5.41, 5.74) is 0.533. The zero-order valence-electron chi connectivity index (χ0n) is 10.4. The fraction of sp³-hybridized carbons (Fsp3) is 0.214. The minimum Gasteiger partial charge on any atom is -0.464 e. The summed E-state index contributed by atoms with van der Waals surface area (Å²) in [7, 11) is 0. The van der Waals surface area contributed by atoms with E-state index >= 15 is 0 Å². The van der Waals surface area contributed by atoms with Crippen LogP contribution in [0, 0.1) is 6.92 Å². The average Bonchev–Trinajstić information content (AvgIpc) is 2.83. The molecule has 2 rings (SSSR count). The SMILES string of the molecule is Cc1ccc([C@H](O)CNC(=O)c2ccccc2Br)o1. The molecule has 0 bridgehead atoms. The van der Waals surface area contributed by atoms with Crippen molar-refractivity contribution >= 4 is 21.8 Å². The predicted octanol–water partition coefficient (Wildman–Crippen LogP) is 2.81. The van der Waals surface area contributed by atoms with E-state index in [1.807, 2.05) is 6.07 Å². The molecule has 0 saturated carbocycles. The molecule has 0 spiro atoms. The first-order chi connectivity index (χ1) is 9.08. The van der Waals surface area contributed by atoms with Gasteiger partial charge in [-0.05, 0) is 47.1 Å². The molecule has 1 atom stereocenters. The van der Waals surface area contributed by atoms with E-state index in [-0.39, 0.29) is 12.5 Å². The zero-order valence-corrected chi connectivity index (χ0v) is 12.0. The van der Waals surface area contributed by atoms with Gasteiger partial charge in [0.2, 0.25) is 0 Å². The van der Waals surface area contributed by atoms with Gasteiger partial charge in [0.25, 0.3) is 5.91 Å². The topological polar surface area (TPSA) is 62.5 Å². The Balaban J connectivity index is 1.96. The fourth-order valence-corrected chi connectivity index (χ4v) is 2.13. The van der Waals surface area contributed by atoms with E-state index in [2.05, 4.69) is 21.2 Å². The zero-order chi connectivity index (χ0) is 13.8. The summed E-state index contributed by atoms with van der Waals surface area (Å²) >= 11 is 3.31. The molecule has 0 fully saturated rings. The van der Waals surface area contributed by atoms with Gasteiger partial charge in [0.15, 0.2) is 0 Å². The maximum Gasteiger partial charge on any atom is 0.252 e. The van der Waals surface area contributed by atoms with Crippen LogP contribution >= 0.6 is 15.9 Å². The van der Waals surface area contributed by atoms with Gasteiger partial charge in [-0.3, -0.25) is 4.79 Å². The minimum atomic E-state index is -0.847. The molecule has 2 N–H and O–H groups in total. The van der Waals surface area contributed by atoms with Crippen molar-refractivity contribution in [2.45, 2.75) is 13.0 Å².